The minimum atomic E-state index is -0.581. The maximum atomic E-state index is 11.9. The van der Waals surface area contributed by atoms with Gasteiger partial charge in [0.05, 0.1) is 0 Å². The first-order chi connectivity index (χ1) is 12.0. The summed E-state index contributed by atoms with van der Waals surface area (Å²) in [7, 11) is 0. The van der Waals surface area contributed by atoms with E-state index in [2.05, 4.69) is 5.32 Å². The zero-order valence-electron chi connectivity index (χ0n) is 14.8. The van der Waals surface area contributed by atoms with Crippen molar-refractivity contribution in [2.75, 3.05) is 18.5 Å². The Morgan fingerprint density at radius 3 is 2.56 bits per heavy atom. The normalized spacial score (nSPS) is 10.2. The van der Waals surface area contributed by atoms with Crippen molar-refractivity contribution >= 4 is 17.6 Å². The summed E-state index contributed by atoms with van der Waals surface area (Å²) in [6.07, 6.45) is 0.809. The Bertz CT molecular complexity index is 755. The molecule has 0 atom stereocenters. The molecule has 2 rings (SSSR count). The van der Waals surface area contributed by atoms with Crippen LogP contribution in [0.2, 0.25) is 0 Å². The van der Waals surface area contributed by atoms with E-state index < -0.39 is 5.97 Å². The van der Waals surface area contributed by atoms with E-state index in [1.807, 2.05) is 57.2 Å². The molecule has 0 saturated carbocycles. The second-order valence-corrected chi connectivity index (χ2v) is 5.78. The van der Waals surface area contributed by atoms with E-state index in [0.29, 0.717) is 11.4 Å². The van der Waals surface area contributed by atoms with Crippen LogP contribution in [0.5, 0.6) is 5.75 Å². The van der Waals surface area contributed by atoms with Crippen molar-refractivity contribution in [2.45, 2.75) is 27.2 Å². The highest BCUT2D eigenvalue weighted by Gasteiger charge is 2.11. The lowest BCUT2D eigenvalue weighted by molar-refractivity contribution is -0.149. The summed E-state index contributed by atoms with van der Waals surface area (Å²) in [5.41, 5.74) is 3.72. The molecule has 0 fully saturated rings. The summed E-state index contributed by atoms with van der Waals surface area (Å²) in [4.78, 5) is 23.7. The fourth-order valence-electron chi connectivity index (χ4n) is 2.32. The van der Waals surface area contributed by atoms with Crippen LogP contribution in [0.1, 0.15) is 23.6 Å². The van der Waals surface area contributed by atoms with Gasteiger partial charge in [0.2, 0.25) is 0 Å². The van der Waals surface area contributed by atoms with E-state index in [0.717, 1.165) is 23.1 Å². The number of carbonyl (C=O) groups is 2. The standard InChI is InChI=1S/C20H23NO4/c1-4-16-7-5-6-8-18(16)24-13-20(23)25-12-19(22)21-17-11-14(2)9-10-15(17)3/h5-11H,4,12-13H2,1-3H3,(H,21,22). The third-order valence-corrected chi connectivity index (χ3v) is 3.73. The van der Waals surface area contributed by atoms with Crippen molar-refractivity contribution in [1.82, 2.24) is 0 Å². The van der Waals surface area contributed by atoms with Gasteiger partial charge in [0, 0.05) is 5.69 Å². The first kappa shape index (κ1) is 18.5. The summed E-state index contributed by atoms with van der Waals surface area (Å²) in [6, 6.07) is 13.3. The zero-order valence-corrected chi connectivity index (χ0v) is 14.8. The Hall–Kier alpha value is -2.82. The highest BCUT2D eigenvalue weighted by Crippen LogP contribution is 2.18. The molecule has 0 unspecified atom stereocenters. The van der Waals surface area contributed by atoms with Crippen LogP contribution >= 0.6 is 0 Å². The van der Waals surface area contributed by atoms with Crippen LogP contribution in [0.25, 0.3) is 0 Å². The van der Waals surface area contributed by atoms with Gasteiger partial charge in [-0.3, -0.25) is 4.79 Å². The molecule has 0 spiro atoms. The highest BCUT2D eigenvalue weighted by atomic mass is 16.6. The second kappa shape index (κ2) is 8.87. The molecule has 25 heavy (non-hydrogen) atoms. The quantitative estimate of drug-likeness (QED) is 0.784. The zero-order chi connectivity index (χ0) is 18.2. The van der Waals surface area contributed by atoms with Crippen LogP contribution < -0.4 is 10.1 Å². The fourth-order valence-corrected chi connectivity index (χ4v) is 2.32. The van der Waals surface area contributed by atoms with Crippen molar-refractivity contribution in [1.29, 1.82) is 0 Å². The van der Waals surface area contributed by atoms with Gasteiger partial charge in [-0.05, 0) is 49.1 Å². The third kappa shape index (κ3) is 5.64. The number of carbonyl (C=O) groups excluding carboxylic acids is 2. The second-order valence-electron chi connectivity index (χ2n) is 5.78. The summed E-state index contributed by atoms with van der Waals surface area (Å²) < 4.78 is 10.4. The predicted octanol–water partition coefficient (Wildman–Crippen LogP) is 3.43. The van der Waals surface area contributed by atoms with E-state index in [-0.39, 0.29) is 19.1 Å². The molecule has 0 aromatic heterocycles. The number of para-hydroxylation sites is 1. The van der Waals surface area contributed by atoms with Crippen LogP contribution in [-0.4, -0.2) is 25.1 Å². The number of benzene rings is 2. The average Bonchev–Trinajstić information content (AvgIpc) is 2.61. The molecule has 2 aromatic rings. The third-order valence-electron chi connectivity index (χ3n) is 3.73. The molecule has 0 bridgehead atoms. The number of hydrogen-bond acceptors (Lipinski definition) is 4. The van der Waals surface area contributed by atoms with Gasteiger partial charge < -0.3 is 14.8 Å². The van der Waals surface area contributed by atoms with Gasteiger partial charge in [0.15, 0.2) is 13.2 Å². The van der Waals surface area contributed by atoms with E-state index in [9.17, 15) is 9.59 Å². The van der Waals surface area contributed by atoms with Crippen molar-refractivity contribution in [3.05, 3.63) is 59.2 Å². The average molecular weight is 341 g/mol. The SMILES string of the molecule is CCc1ccccc1OCC(=O)OCC(=O)Nc1cc(C)ccc1C. The van der Waals surface area contributed by atoms with Gasteiger partial charge in [-0.1, -0.05) is 37.3 Å². The lowest BCUT2D eigenvalue weighted by atomic mass is 10.1. The number of hydrogen-bond donors (Lipinski definition) is 1. The molecule has 0 radical (unpaired) electrons. The molecule has 1 amide bonds. The Morgan fingerprint density at radius 1 is 1.04 bits per heavy atom. The lowest BCUT2D eigenvalue weighted by Crippen LogP contribution is -2.24. The van der Waals surface area contributed by atoms with Crippen LogP contribution in [-0.2, 0) is 20.7 Å². The van der Waals surface area contributed by atoms with Crippen molar-refractivity contribution in [2.24, 2.45) is 0 Å². The predicted molar refractivity (Wildman–Crippen MR) is 96.8 cm³/mol. The summed E-state index contributed by atoms with van der Waals surface area (Å²) in [5.74, 6) is -0.306. The molecule has 0 saturated heterocycles. The topological polar surface area (TPSA) is 64.6 Å². The van der Waals surface area contributed by atoms with Gasteiger partial charge in [0.1, 0.15) is 5.75 Å². The van der Waals surface area contributed by atoms with Crippen molar-refractivity contribution in [3.8, 4) is 5.75 Å². The van der Waals surface area contributed by atoms with Crippen LogP contribution in [0.3, 0.4) is 0 Å². The molecule has 0 heterocycles. The molecule has 132 valence electrons. The summed E-state index contributed by atoms with van der Waals surface area (Å²) in [6.45, 7) is 5.29. The van der Waals surface area contributed by atoms with Gasteiger partial charge >= 0.3 is 5.97 Å². The lowest BCUT2D eigenvalue weighted by Gasteiger charge is -2.11. The summed E-state index contributed by atoms with van der Waals surface area (Å²) in [5, 5.41) is 2.74. The van der Waals surface area contributed by atoms with Gasteiger partial charge in [0.25, 0.3) is 5.91 Å². The number of ether oxygens (including phenoxy) is 2. The Labute approximate surface area is 148 Å². The molecule has 0 aliphatic rings. The van der Waals surface area contributed by atoms with E-state index >= 15 is 0 Å². The fraction of sp³-hybridized carbons (Fsp3) is 0.300. The molecule has 2 aromatic carbocycles. The van der Waals surface area contributed by atoms with Gasteiger partial charge in [-0.2, -0.15) is 0 Å². The summed E-state index contributed by atoms with van der Waals surface area (Å²) >= 11 is 0. The van der Waals surface area contributed by atoms with E-state index in [1.54, 1.807) is 6.07 Å². The first-order valence-corrected chi connectivity index (χ1v) is 8.23. The maximum Gasteiger partial charge on any atom is 0.344 e. The van der Waals surface area contributed by atoms with Crippen molar-refractivity contribution < 1.29 is 19.1 Å². The minimum Gasteiger partial charge on any atom is -0.482 e. The number of anilines is 1. The molecular formula is C20H23NO4. The highest BCUT2D eigenvalue weighted by molar-refractivity contribution is 5.93. The number of rotatable bonds is 7. The first-order valence-electron chi connectivity index (χ1n) is 8.23. The molecular weight excluding hydrogens is 318 g/mol. The van der Waals surface area contributed by atoms with Crippen molar-refractivity contribution in [3.63, 3.8) is 0 Å². The van der Waals surface area contributed by atoms with Crippen LogP contribution in [0, 0.1) is 13.8 Å². The number of esters is 1. The van der Waals surface area contributed by atoms with Gasteiger partial charge in [-0.25, -0.2) is 4.79 Å². The van der Waals surface area contributed by atoms with E-state index in [4.69, 9.17) is 9.47 Å². The molecule has 0 aliphatic heterocycles. The van der Waals surface area contributed by atoms with E-state index in [1.165, 1.54) is 0 Å². The van der Waals surface area contributed by atoms with Crippen LogP contribution in [0.4, 0.5) is 5.69 Å². The molecule has 5 nitrogen and oxygen atoms in total. The minimum absolute atomic E-state index is 0.228. The Balaban J connectivity index is 1.79. The molecule has 0 aliphatic carbocycles. The Kier molecular flexibility index (Phi) is 6.57. The van der Waals surface area contributed by atoms with Gasteiger partial charge in [-0.15, -0.1) is 0 Å². The van der Waals surface area contributed by atoms with Crippen LogP contribution in [0.15, 0.2) is 42.5 Å². The smallest absolute Gasteiger partial charge is 0.344 e. The number of amides is 1. The number of nitrogens with one attached hydrogen (secondary N) is 1. The molecule has 5 heteroatoms. The largest absolute Gasteiger partial charge is 0.482 e. The maximum absolute atomic E-state index is 11.9. The number of aryl methyl sites for hydroxylation is 3. The molecule has 1 N–H and O–H groups in total. The Morgan fingerprint density at radius 2 is 1.80 bits per heavy atom. The monoisotopic (exact) mass is 341 g/mol.